The fourth-order valence-corrected chi connectivity index (χ4v) is 5.33. The highest BCUT2D eigenvalue weighted by molar-refractivity contribution is 6.30. The summed E-state index contributed by atoms with van der Waals surface area (Å²) >= 11 is 5.87. The molecule has 1 atom stereocenters. The number of pyridine rings is 1. The normalized spacial score (nSPS) is 19.8. The second kappa shape index (κ2) is 11.8. The van der Waals surface area contributed by atoms with E-state index in [1.807, 2.05) is 29.2 Å². The van der Waals surface area contributed by atoms with Gasteiger partial charge in [-0.2, -0.15) is 0 Å². The first-order valence-electron chi connectivity index (χ1n) is 13.0. The van der Waals surface area contributed by atoms with Gasteiger partial charge in [0.1, 0.15) is 11.5 Å². The Hall–Kier alpha value is -3.96. The standard InChI is InChI=1S/C27H31ClN8O3/c28-19-5-8-22(32-17-19)33-26(38)23-24(25(29)37)35(14-11-30-23)20-6-3-18(4-7-20)21-9-10-31-27(39)36(21)16-15-34-12-1-2-13-34/h3-8,11,17,21H,1-2,9-10,12-16H2,(H2,29,37)(H,31,39)(H,32,33,38). The summed E-state index contributed by atoms with van der Waals surface area (Å²) in [4.78, 5) is 52.4. The molecule has 2 aromatic rings. The van der Waals surface area contributed by atoms with Crippen molar-refractivity contribution >= 4 is 47.2 Å². The molecule has 2 fully saturated rings. The first-order valence-corrected chi connectivity index (χ1v) is 13.4. The number of nitrogens with zero attached hydrogens (tertiary/aromatic N) is 5. The van der Waals surface area contributed by atoms with Crippen molar-refractivity contribution in [1.29, 1.82) is 0 Å². The number of likely N-dealkylation sites (tertiary alicyclic amines) is 1. The molecule has 4 heterocycles. The molecule has 1 unspecified atom stereocenters. The van der Waals surface area contributed by atoms with Crippen molar-refractivity contribution in [2.45, 2.75) is 25.3 Å². The summed E-state index contributed by atoms with van der Waals surface area (Å²) < 4.78 is 0. The van der Waals surface area contributed by atoms with Gasteiger partial charge in [-0.3, -0.25) is 14.6 Å². The number of hydrogen-bond donors (Lipinski definition) is 3. The molecule has 0 saturated carbocycles. The number of urea groups is 1. The third-order valence-corrected chi connectivity index (χ3v) is 7.40. The summed E-state index contributed by atoms with van der Waals surface area (Å²) in [5.41, 5.74) is 7.29. The van der Waals surface area contributed by atoms with Crippen molar-refractivity contribution in [3.05, 3.63) is 64.6 Å². The van der Waals surface area contributed by atoms with Crippen molar-refractivity contribution in [3.63, 3.8) is 0 Å². The molecule has 0 spiro atoms. The molecular formula is C27H31ClN8O3. The van der Waals surface area contributed by atoms with Crippen LogP contribution in [0.5, 0.6) is 0 Å². The Morgan fingerprint density at radius 2 is 1.87 bits per heavy atom. The first-order chi connectivity index (χ1) is 18.9. The fraction of sp³-hybridized carbons (Fsp3) is 0.370. The highest BCUT2D eigenvalue weighted by atomic mass is 35.5. The molecule has 4 N–H and O–H groups in total. The second-order valence-electron chi connectivity index (χ2n) is 9.67. The number of halogens is 1. The largest absolute Gasteiger partial charge is 0.364 e. The van der Waals surface area contributed by atoms with E-state index in [9.17, 15) is 14.4 Å². The lowest BCUT2D eigenvalue weighted by Crippen LogP contribution is -2.50. The maximum Gasteiger partial charge on any atom is 0.317 e. The Balaban J connectivity index is 1.35. The molecule has 3 aliphatic rings. The zero-order chi connectivity index (χ0) is 27.4. The van der Waals surface area contributed by atoms with Crippen LogP contribution in [-0.4, -0.2) is 78.1 Å². The number of carbonyl (C=O) groups is 3. The van der Waals surface area contributed by atoms with Gasteiger partial charge in [-0.25, -0.2) is 9.78 Å². The fourth-order valence-electron chi connectivity index (χ4n) is 5.22. The lowest BCUT2D eigenvalue weighted by atomic mass is 9.99. The molecule has 4 amide bonds. The molecule has 3 aliphatic heterocycles. The SMILES string of the molecule is NC(=O)C1=C(C(=O)Nc2ccc(Cl)cn2)N=CCN1c1ccc(C2CCNC(=O)N2CCN2CCCC2)cc1. The molecule has 5 rings (SSSR count). The van der Waals surface area contributed by atoms with Crippen LogP contribution in [-0.2, 0) is 9.59 Å². The Bertz CT molecular complexity index is 1290. The molecule has 12 heteroatoms. The Kier molecular flexibility index (Phi) is 8.08. The molecule has 0 radical (unpaired) electrons. The molecule has 1 aromatic heterocycles. The number of carbonyl (C=O) groups excluding carboxylic acids is 3. The minimum absolute atomic E-state index is 0.0130. The maximum absolute atomic E-state index is 13.0. The third kappa shape index (κ3) is 6.04. The van der Waals surface area contributed by atoms with Crippen LogP contribution in [0.3, 0.4) is 0 Å². The summed E-state index contributed by atoms with van der Waals surface area (Å²) in [6, 6.07) is 10.7. The van der Waals surface area contributed by atoms with E-state index < -0.39 is 11.8 Å². The van der Waals surface area contributed by atoms with Crippen molar-refractivity contribution < 1.29 is 14.4 Å². The van der Waals surface area contributed by atoms with Gasteiger partial charge in [0.05, 0.1) is 17.6 Å². The summed E-state index contributed by atoms with van der Waals surface area (Å²) in [7, 11) is 0. The highest BCUT2D eigenvalue weighted by Crippen LogP contribution is 2.31. The number of amides is 4. The van der Waals surface area contributed by atoms with Gasteiger partial charge in [0.2, 0.25) is 0 Å². The molecule has 204 valence electrons. The van der Waals surface area contributed by atoms with Crippen molar-refractivity contribution in [2.75, 3.05) is 49.5 Å². The molecule has 0 aliphatic carbocycles. The number of hydrogen-bond acceptors (Lipinski definition) is 7. The van der Waals surface area contributed by atoms with Crippen LogP contribution in [0.15, 0.2) is 59.0 Å². The minimum Gasteiger partial charge on any atom is -0.364 e. The number of benzene rings is 1. The van der Waals surface area contributed by atoms with Crippen LogP contribution in [0.1, 0.15) is 30.9 Å². The van der Waals surface area contributed by atoms with Gasteiger partial charge in [-0.05, 0) is 62.2 Å². The smallest absolute Gasteiger partial charge is 0.317 e. The van der Waals surface area contributed by atoms with Gasteiger partial charge in [-0.15, -0.1) is 0 Å². The maximum atomic E-state index is 13.0. The average Bonchev–Trinajstić information content (AvgIpc) is 3.47. The van der Waals surface area contributed by atoms with E-state index in [1.54, 1.807) is 23.2 Å². The van der Waals surface area contributed by atoms with E-state index in [4.69, 9.17) is 17.3 Å². The quantitative estimate of drug-likeness (QED) is 0.462. The van der Waals surface area contributed by atoms with E-state index in [0.717, 1.165) is 31.6 Å². The van der Waals surface area contributed by atoms with E-state index in [2.05, 4.69) is 25.5 Å². The zero-order valence-electron chi connectivity index (χ0n) is 21.5. The lowest BCUT2D eigenvalue weighted by Gasteiger charge is -2.37. The predicted octanol–water partition coefficient (Wildman–Crippen LogP) is 2.51. The number of rotatable bonds is 8. The highest BCUT2D eigenvalue weighted by Gasteiger charge is 2.31. The summed E-state index contributed by atoms with van der Waals surface area (Å²) in [6.45, 7) is 4.57. The van der Waals surface area contributed by atoms with Crippen molar-refractivity contribution in [2.24, 2.45) is 10.7 Å². The van der Waals surface area contributed by atoms with Gasteiger partial charge < -0.3 is 31.1 Å². The Morgan fingerprint density at radius 1 is 1.10 bits per heavy atom. The summed E-state index contributed by atoms with van der Waals surface area (Å²) in [6.07, 6.45) is 6.18. The van der Waals surface area contributed by atoms with Crippen LogP contribution in [0.25, 0.3) is 0 Å². The zero-order valence-corrected chi connectivity index (χ0v) is 22.2. The van der Waals surface area contributed by atoms with E-state index >= 15 is 0 Å². The van der Waals surface area contributed by atoms with Gasteiger partial charge in [0.15, 0.2) is 5.70 Å². The molecule has 1 aromatic carbocycles. The van der Waals surface area contributed by atoms with Gasteiger partial charge in [0, 0.05) is 37.7 Å². The number of primary amides is 1. The van der Waals surface area contributed by atoms with Crippen molar-refractivity contribution in [1.82, 2.24) is 20.1 Å². The summed E-state index contributed by atoms with van der Waals surface area (Å²) in [5, 5.41) is 6.02. The Labute approximate surface area is 231 Å². The van der Waals surface area contributed by atoms with Crippen LogP contribution in [0, 0.1) is 0 Å². The number of aromatic nitrogens is 1. The monoisotopic (exact) mass is 550 g/mol. The van der Waals surface area contributed by atoms with Gasteiger partial charge in [0.25, 0.3) is 11.8 Å². The van der Waals surface area contributed by atoms with E-state index in [1.165, 1.54) is 19.0 Å². The Morgan fingerprint density at radius 3 is 2.56 bits per heavy atom. The molecular weight excluding hydrogens is 520 g/mol. The van der Waals surface area contributed by atoms with E-state index in [0.29, 0.717) is 23.8 Å². The minimum atomic E-state index is -0.776. The van der Waals surface area contributed by atoms with E-state index in [-0.39, 0.29) is 35.8 Å². The second-order valence-corrected chi connectivity index (χ2v) is 10.1. The summed E-state index contributed by atoms with van der Waals surface area (Å²) in [5.74, 6) is -1.12. The first kappa shape index (κ1) is 26.6. The number of nitrogens with two attached hydrogens (primary N) is 1. The van der Waals surface area contributed by atoms with Crippen LogP contribution in [0.4, 0.5) is 16.3 Å². The number of aliphatic imine (C=N–C) groups is 1. The average molecular weight is 551 g/mol. The van der Waals surface area contributed by atoms with Gasteiger partial charge >= 0.3 is 6.03 Å². The topological polar surface area (TPSA) is 136 Å². The molecule has 11 nitrogen and oxygen atoms in total. The number of anilines is 2. The van der Waals surface area contributed by atoms with Crippen LogP contribution >= 0.6 is 11.6 Å². The number of nitrogens with one attached hydrogen (secondary N) is 2. The van der Waals surface area contributed by atoms with Crippen molar-refractivity contribution in [3.8, 4) is 0 Å². The van der Waals surface area contributed by atoms with Crippen LogP contribution in [0.2, 0.25) is 5.02 Å². The molecule has 2 saturated heterocycles. The van der Waals surface area contributed by atoms with Crippen LogP contribution < -0.4 is 21.3 Å². The molecule has 0 bridgehead atoms. The third-order valence-electron chi connectivity index (χ3n) is 7.17. The molecule has 39 heavy (non-hydrogen) atoms. The predicted molar refractivity (Wildman–Crippen MR) is 150 cm³/mol. The van der Waals surface area contributed by atoms with Gasteiger partial charge in [-0.1, -0.05) is 23.7 Å². The lowest BCUT2D eigenvalue weighted by molar-refractivity contribution is -0.116.